The lowest BCUT2D eigenvalue weighted by molar-refractivity contribution is 0.189. The Hall–Kier alpha value is -1.25. The summed E-state index contributed by atoms with van der Waals surface area (Å²) in [5, 5.41) is 10.6. The average molecular weight is 263 g/mol. The van der Waals surface area contributed by atoms with E-state index in [-0.39, 0.29) is 0 Å². The van der Waals surface area contributed by atoms with E-state index in [1.54, 1.807) is 12.1 Å². The summed E-state index contributed by atoms with van der Waals surface area (Å²) >= 11 is 5.73. The molecule has 1 unspecified atom stereocenters. The molecule has 1 saturated carbocycles. The van der Waals surface area contributed by atoms with Crippen LogP contribution in [-0.2, 0) is 0 Å². The largest absolute Gasteiger partial charge is 0.447 e. The van der Waals surface area contributed by atoms with Crippen molar-refractivity contribution in [2.45, 2.75) is 31.3 Å². The molecule has 1 aromatic heterocycles. The number of hydrogen-bond acceptors (Lipinski definition) is 2. The van der Waals surface area contributed by atoms with E-state index in [1.165, 1.54) is 24.8 Å². The number of aliphatic hydroxyl groups excluding tert-OH is 1. The van der Waals surface area contributed by atoms with Crippen LogP contribution in [-0.4, -0.2) is 5.11 Å². The molecule has 2 nitrogen and oxygen atoms in total. The van der Waals surface area contributed by atoms with Crippen molar-refractivity contribution < 1.29 is 9.52 Å². The third kappa shape index (κ3) is 2.18. The Kier molecular flexibility index (Phi) is 3.14. The van der Waals surface area contributed by atoms with Gasteiger partial charge in [-0.15, -0.1) is 0 Å². The van der Waals surface area contributed by atoms with Crippen LogP contribution in [0.3, 0.4) is 0 Å². The van der Waals surface area contributed by atoms with Crippen molar-refractivity contribution >= 4 is 11.6 Å². The Labute approximate surface area is 111 Å². The van der Waals surface area contributed by atoms with Crippen LogP contribution in [0.25, 0.3) is 0 Å². The zero-order chi connectivity index (χ0) is 12.5. The third-order valence-corrected chi connectivity index (χ3v) is 3.87. The Morgan fingerprint density at radius 2 is 2.06 bits per heavy atom. The summed E-state index contributed by atoms with van der Waals surface area (Å²) in [6.45, 7) is 0. The van der Waals surface area contributed by atoms with Gasteiger partial charge >= 0.3 is 0 Å². The van der Waals surface area contributed by atoms with Gasteiger partial charge in [-0.2, -0.15) is 0 Å². The van der Waals surface area contributed by atoms with E-state index in [2.05, 4.69) is 12.1 Å². The van der Waals surface area contributed by atoms with Crippen LogP contribution in [0.4, 0.5) is 0 Å². The van der Waals surface area contributed by atoms with E-state index >= 15 is 0 Å². The topological polar surface area (TPSA) is 33.4 Å². The van der Waals surface area contributed by atoms with Crippen molar-refractivity contribution in [3.05, 3.63) is 58.5 Å². The van der Waals surface area contributed by atoms with E-state index in [0.29, 0.717) is 16.9 Å². The lowest BCUT2D eigenvalue weighted by Gasteiger charge is -2.26. The van der Waals surface area contributed by atoms with Gasteiger partial charge in [0.1, 0.15) is 11.9 Å². The molecule has 1 aromatic carbocycles. The number of aliphatic hydroxyl groups is 1. The van der Waals surface area contributed by atoms with Crippen LogP contribution in [0, 0.1) is 0 Å². The van der Waals surface area contributed by atoms with Crippen molar-refractivity contribution in [1.29, 1.82) is 0 Å². The van der Waals surface area contributed by atoms with Crippen LogP contribution >= 0.6 is 11.6 Å². The first-order valence-corrected chi connectivity index (χ1v) is 6.65. The number of halogens is 1. The summed E-state index contributed by atoms with van der Waals surface area (Å²) < 4.78 is 5.26. The summed E-state index contributed by atoms with van der Waals surface area (Å²) in [6, 6.07) is 11.5. The van der Waals surface area contributed by atoms with E-state index in [9.17, 15) is 5.11 Å². The van der Waals surface area contributed by atoms with Gasteiger partial charge in [-0.1, -0.05) is 30.7 Å². The monoisotopic (exact) mass is 262 g/mol. The Morgan fingerprint density at radius 3 is 2.67 bits per heavy atom. The van der Waals surface area contributed by atoms with E-state index in [1.807, 2.05) is 12.1 Å². The van der Waals surface area contributed by atoms with Gasteiger partial charge in [-0.25, -0.2) is 0 Å². The second kappa shape index (κ2) is 4.79. The molecule has 1 fully saturated rings. The first kappa shape index (κ1) is 11.8. The lowest BCUT2D eigenvalue weighted by Crippen LogP contribution is -2.09. The summed E-state index contributed by atoms with van der Waals surface area (Å²) in [5.74, 6) is 1.16. The molecular formula is C15H15ClO2. The van der Waals surface area contributed by atoms with Gasteiger partial charge in [0.05, 0.1) is 0 Å². The predicted octanol–water partition coefficient (Wildman–Crippen LogP) is 4.28. The van der Waals surface area contributed by atoms with E-state index < -0.39 is 6.10 Å². The van der Waals surface area contributed by atoms with Crippen molar-refractivity contribution in [2.24, 2.45) is 0 Å². The second-order valence-corrected chi connectivity index (χ2v) is 5.21. The van der Waals surface area contributed by atoms with Gasteiger partial charge in [0.15, 0.2) is 5.22 Å². The normalized spacial score (nSPS) is 17.4. The highest BCUT2D eigenvalue weighted by Gasteiger charge is 2.21. The summed E-state index contributed by atoms with van der Waals surface area (Å²) in [4.78, 5) is 0. The smallest absolute Gasteiger partial charge is 0.193 e. The molecule has 1 aliphatic carbocycles. The first-order valence-electron chi connectivity index (χ1n) is 6.27. The number of rotatable bonds is 3. The standard InChI is InChI=1S/C15H15ClO2/c16-14-8-7-13(18-14)15(17)12-6-2-5-11(9-12)10-3-1-4-10/h2,5-10,15,17H,1,3-4H2. The van der Waals surface area contributed by atoms with Gasteiger partial charge in [-0.05, 0) is 53.6 Å². The van der Waals surface area contributed by atoms with Gasteiger partial charge in [0.25, 0.3) is 0 Å². The second-order valence-electron chi connectivity index (χ2n) is 4.84. The maximum absolute atomic E-state index is 10.2. The highest BCUT2D eigenvalue weighted by molar-refractivity contribution is 6.28. The molecule has 3 heteroatoms. The number of hydrogen-bond donors (Lipinski definition) is 1. The van der Waals surface area contributed by atoms with Crippen molar-refractivity contribution in [3.8, 4) is 0 Å². The van der Waals surface area contributed by atoms with Crippen LogP contribution < -0.4 is 0 Å². The van der Waals surface area contributed by atoms with Gasteiger partial charge in [0.2, 0.25) is 0 Å². The first-order chi connectivity index (χ1) is 8.74. The fourth-order valence-corrected chi connectivity index (χ4v) is 2.52. The highest BCUT2D eigenvalue weighted by atomic mass is 35.5. The summed E-state index contributed by atoms with van der Waals surface area (Å²) in [7, 11) is 0. The van der Waals surface area contributed by atoms with Crippen LogP contribution in [0.15, 0.2) is 40.8 Å². The molecule has 94 valence electrons. The Balaban J connectivity index is 1.86. The molecule has 18 heavy (non-hydrogen) atoms. The summed E-state index contributed by atoms with van der Waals surface area (Å²) in [6.07, 6.45) is 3.08. The molecule has 3 rings (SSSR count). The zero-order valence-corrected chi connectivity index (χ0v) is 10.7. The maximum atomic E-state index is 10.2. The van der Waals surface area contributed by atoms with Crippen molar-refractivity contribution in [3.63, 3.8) is 0 Å². The van der Waals surface area contributed by atoms with Crippen LogP contribution in [0.1, 0.15) is 48.2 Å². The number of benzene rings is 1. The summed E-state index contributed by atoms with van der Waals surface area (Å²) in [5.41, 5.74) is 2.18. The van der Waals surface area contributed by atoms with Gasteiger partial charge < -0.3 is 9.52 Å². The quantitative estimate of drug-likeness (QED) is 0.896. The molecule has 0 radical (unpaired) electrons. The third-order valence-electron chi connectivity index (χ3n) is 3.67. The molecule has 1 N–H and O–H groups in total. The molecule has 0 bridgehead atoms. The zero-order valence-electron chi connectivity index (χ0n) is 9.97. The van der Waals surface area contributed by atoms with E-state index in [0.717, 1.165) is 5.56 Å². The molecule has 0 aliphatic heterocycles. The highest BCUT2D eigenvalue weighted by Crippen LogP contribution is 2.37. The van der Waals surface area contributed by atoms with Gasteiger partial charge in [-0.3, -0.25) is 0 Å². The fourth-order valence-electron chi connectivity index (χ4n) is 2.36. The molecule has 0 amide bonds. The molecule has 1 atom stereocenters. The number of furan rings is 1. The maximum Gasteiger partial charge on any atom is 0.193 e. The minimum Gasteiger partial charge on any atom is -0.447 e. The Bertz CT molecular complexity index is 543. The molecule has 0 saturated heterocycles. The molecule has 1 heterocycles. The SMILES string of the molecule is OC(c1cccc(C2CCC2)c1)c1ccc(Cl)o1. The fraction of sp³-hybridized carbons (Fsp3) is 0.333. The van der Waals surface area contributed by atoms with Crippen molar-refractivity contribution in [1.82, 2.24) is 0 Å². The predicted molar refractivity (Wildman–Crippen MR) is 70.8 cm³/mol. The molecular weight excluding hydrogens is 248 g/mol. The Morgan fingerprint density at radius 1 is 1.22 bits per heavy atom. The van der Waals surface area contributed by atoms with Crippen molar-refractivity contribution in [2.75, 3.05) is 0 Å². The van der Waals surface area contributed by atoms with E-state index in [4.69, 9.17) is 16.0 Å². The van der Waals surface area contributed by atoms with Gasteiger partial charge in [0, 0.05) is 0 Å². The minimum atomic E-state index is -0.738. The molecule has 1 aliphatic rings. The average Bonchev–Trinajstić information content (AvgIpc) is 2.73. The minimum absolute atomic E-state index is 0.305. The lowest BCUT2D eigenvalue weighted by atomic mass is 9.79. The van der Waals surface area contributed by atoms with Crippen LogP contribution in [0.2, 0.25) is 5.22 Å². The van der Waals surface area contributed by atoms with Crippen LogP contribution in [0.5, 0.6) is 0 Å². The molecule has 2 aromatic rings. The molecule has 0 spiro atoms.